The number of aromatic nitrogens is 4. The van der Waals surface area contributed by atoms with Crippen molar-refractivity contribution in [2.45, 2.75) is 57.8 Å². The van der Waals surface area contributed by atoms with Crippen LogP contribution in [0.4, 0.5) is 11.4 Å². The van der Waals surface area contributed by atoms with Gasteiger partial charge in [-0.3, -0.25) is 15.1 Å². The fourth-order valence-corrected chi connectivity index (χ4v) is 5.16. The molecular formula is C27H32N8O3. The van der Waals surface area contributed by atoms with Crippen LogP contribution in [0, 0.1) is 13.8 Å². The summed E-state index contributed by atoms with van der Waals surface area (Å²) in [4.78, 5) is 19.4. The Morgan fingerprint density at radius 2 is 2.03 bits per heavy atom. The van der Waals surface area contributed by atoms with Crippen molar-refractivity contribution in [1.29, 1.82) is 0 Å². The van der Waals surface area contributed by atoms with E-state index in [2.05, 4.69) is 36.1 Å². The van der Waals surface area contributed by atoms with Crippen molar-refractivity contribution >= 4 is 29.0 Å². The fourth-order valence-electron chi connectivity index (χ4n) is 5.16. The van der Waals surface area contributed by atoms with E-state index in [0.717, 1.165) is 53.9 Å². The highest BCUT2D eigenvalue weighted by atomic mass is 16.5. The lowest BCUT2D eigenvalue weighted by Crippen LogP contribution is -2.34. The molecular weight excluding hydrogens is 484 g/mol. The molecule has 2 atom stereocenters. The third-order valence-electron chi connectivity index (χ3n) is 7.38. The number of aryl methyl sites for hydroxylation is 2. The number of nitrogens with zero attached hydrogens (tertiary/aromatic N) is 6. The summed E-state index contributed by atoms with van der Waals surface area (Å²) in [5.74, 6) is 1.53. The van der Waals surface area contributed by atoms with Gasteiger partial charge in [0.25, 0.3) is 0 Å². The lowest BCUT2D eigenvalue weighted by atomic mass is 9.77. The molecule has 1 aliphatic heterocycles. The van der Waals surface area contributed by atoms with Crippen molar-refractivity contribution in [1.82, 2.24) is 20.6 Å². The van der Waals surface area contributed by atoms with Gasteiger partial charge in [0.2, 0.25) is 5.84 Å². The number of aliphatic imine (C=N–C) groups is 1. The molecule has 1 amide bonds. The van der Waals surface area contributed by atoms with E-state index in [0.29, 0.717) is 24.6 Å². The minimum atomic E-state index is -0.335. The quantitative estimate of drug-likeness (QED) is 0.301. The number of para-hydroxylation sites is 1. The van der Waals surface area contributed by atoms with Crippen LogP contribution >= 0.6 is 0 Å². The number of rotatable bonds is 8. The summed E-state index contributed by atoms with van der Waals surface area (Å²) in [7, 11) is 1.61. The average molecular weight is 517 g/mol. The number of ether oxygens (including phenoxy) is 1. The van der Waals surface area contributed by atoms with Crippen LogP contribution in [-0.2, 0) is 9.53 Å². The summed E-state index contributed by atoms with van der Waals surface area (Å²) in [6, 6.07) is 11.4. The van der Waals surface area contributed by atoms with Crippen molar-refractivity contribution in [3.63, 3.8) is 0 Å². The van der Waals surface area contributed by atoms with Crippen LogP contribution in [-0.4, -0.2) is 57.0 Å². The summed E-state index contributed by atoms with van der Waals surface area (Å²) in [6.45, 7) is 4.46. The third-order valence-corrected chi connectivity index (χ3v) is 7.38. The van der Waals surface area contributed by atoms with Gasteiger partial charge in [0, 0.05) is 19.4 Å². The lowest BCUT2D eigenvalue weighted by Gasteiger charge is -2.28. The van der Waals surface area contributed by atoms with E-state index in [1.165, 1.54) is 0 Å². The SMILES string of the molecule is COCCC1=NC(=NNc2cccc(C3CCCC(c4nnn[nH]4)C3)c2O)C(=O)N1c1ccc(C)c(C)c1. The van der Waals surface area contributed by atoms with Crippen LogP contribution in [0.5, 0.6) is 5.75 Å². The first-order chi connectivity index (χ1) is 18.5. The Labute approximate surface area is 221 Å². The van der Waals surface area contributed by atoms with Crippen LogP contribution in [0.3, 0.4) is 0 Å². The molecule has 2 heterocycles. The molecule has 1 fully saturated rings. The van der Waals surface area contributed by atoms with Gasteiger partial charge in [-0.2, -0.15) is 0 Å². The number of hydrogen-bond donors (Lipinski definition) is 3. The topological polar surface area (TPSA) is 141 Å². The Morgan fingerprint density at radius 3 is 2.79 bits per heavy atom. The molecule has 198 valence electrons. The van der Waals surface area contributed by atoms with Crippen molar-refractivity contribution in [3.05, 3.63) is 58.9 Å². The highest BCUT2D eigenvalue weighted by Crippen LogP contribution is 2.44. The summed E-state index contributed by atoms with van der Waals surface area (Å²) in [6.07, 6.45) is 4.26. The molecule has 1 aliphatic carbocycles. The number of aromatic amines is 1. The summed E-state index contributed by atoms with van der Waals surface area (Å²) in [5.41, 5.74) is 7.10. The molecule has 2 unspecified atom stereocenters. The predicted octanol–water partition coefficient (Wildman–Crippen LogP) is 4.17. The van der Waals surface area contributed by atoms with E-state index in [1.807, 2.05) is 44.2 Å². The Bertz CT molecular complexity index is 1370. The van der Waals surface area contributed by atoms with Crippen LogP contribution in [0.1, 0.15) is 66.5 Å². The summed E-state index contributed by atoms with van der Waals surface area (Å²) >= 11 is 0. The molecule has 0 radical (unpaired) electrons. The number of nitrogens with one attached hydrogen (secondary N) is 2. The minimum absolute atomic E-state index is 0.0229. The summed E-state index contributed by atoms with van der Waals surface area (Å²) in [5, 5.41) is 29.8. The molecule has 11 nitrogen and oxygen atoms in total. The second-order valence-electron chi connectivity index (χ2n) is 9.82. The Morgan fingerprint density at radius 1 is 1.18 bits per heavy atom. The van der Waals surface area contributed by atoms with Crippen molar-refractivity contribution < 1.29 is 14.6 Å². The molecule has 5 rings (SSSR count). The van der Waals surface area contributed by atoms with E-state index >= 15 is 0 Å². The first-order valence-electron chi connectivity index (χ1n) is 12.8. The maximum atomic E-state index is 13.4. The number of hydrogen-bond acceptors (Lipinski definition) is 8. The van der Waals surface area contributed by atoms with Gasteiger partial charge in [-0.05, 0) is 84.3 Å². The Kier molecular flexibility index (Phi) is 7.45. The maximum absolute atomic E-state index is 13.4. The highest BCUT2D eigenvalue weighted by molar-refractivity contribution is 6.54. The van der Waals surface area contributed by atoms with E-state index in [4.69, 9.17) is 4.74 Å². The molecule has 0 saturated heterocycles. The van der Waals surface area contributed by atoms with Gasteiger partial charge in [0.15, 0.2) is 5.82 Å². The third kappa shape index (κ3) is 5.14. The number of hydrazone groups is 1. The van der Waals surface area contributed by atoms with Crippen molar-refractivity contribution in [3.8, 4) is 5.75 Å². The molecule has 1 aromatic heterocycles. The van der Waals surface area contributed by atoms with E-state index in [9.17, 15) is 9.90 Å². The number of carbonyl (C=O) groups is 1. The first kappa shape index (κ1) is 25.5. The molecule has 2 aromatic carbocycles. The normalized spacial score (nSPS) is 20.7. The zero-order chi connectivity index (χ0) is 26.6. The largest absolute Gasteiger partial charge is 0.505 e. The van der Waals surface area contributed by atoms with Crippen molar-refractivity contribution in [2.75, 3.05) is 24.0 Å². The number of phenolic OH excluding ortho intramolecular Hbond substituents is 1. The lowest BCUT2D eigenvalue weighted by molar-refractivity contribution is -0.111. The van der Waals surface area contributed by atoms with E-state index in [1.54, 1.807) is 18.1 Å². The van der Waals surface area contributed by atoms with Gasteiger partial charge in [-0.15, -0.1) is 10.2 Å². The molecule has 38 heavy (non-hydrogen) atoms. The number of carbonyl (C=O) groups excluding carboxylic acids is 1. The van der Waals surface area contributed by atoms with Gasteiger partial charge in [0.1, 0.15) is 11.6 Å². The number of H-pyrrole nitrogens is 1. The monoisotopic (exact) mass is 516 g/mol. The number of methoxy groups -OCH3 is 1. The van der Waals surface area contributed by atoms with E-state index in [-0.39, 0.29) is 29.3 Å². The zero-order valence-electron chi connectivity index (χ0n) is 21.8. The molecule has 11 heteroatoms. The first-order valence-corrected chi connectivity index (χ1v) is 12.8. The number of anilines is 2. The number of aromatic hydroxyl groups is 1. The second kappa shape index (κ2) is 11.1. The van der Waals surface area contributed by atoms with Crippen LogP contribution in [0.25, 0.3) is 0 Å². The van der Waals surface area contributed by atoms with Crippen LogP contribution in [0.15, 0.2) is 46.5 Å². The van der Waals surface area contributed by atoms with Crippen molar-refractivity contribution in [2.24, 2.45) is 10.1 Å². The predicted molar refractivity (Wildman–Crippen MR) is 145 cm³/mol. The second-order valence-corrected chi connectivity index (χ2v) is 9.82. The van der Waals surface area contributed by atoms with Gasteiger partial charge in [-0.25, -0.2) is 10.1 Å². The van der Waals surface area contributed by atoms with Gasteiger partial charge < -0.3 is 9.84 Å². The molecule has 1 saturated carbocycles. The standard InChI is InChI=1S/C27H32N8O3/c1-16-10-11-20(14-17(16)2)35-23(12-13-38-3)28-26(27(35)37)30-29-22-9-5-8-21(24(22)36)18-6-4-7-19(15-18)25-31-33-34-32-25/h5,8-11,14,18-19,29,36H,4,6-7,12-13,15H2,1-3H3,(H,31,32,33,34). The smallest absolute Gasteiger partial charge is 0.303 e. The molecule has 2 aliphatic rings. The average Bonchev–Trinajstić information content (AvgIpc) is 3.57. The number of amides is 1. The summed E-state index contributed by atoms with van der Waals surface area (Å²) < 4.78 is 5.23. The van der Waals surface area contributed by atoms with E-state index < -0.39 is 0 Å². The van der Waals surface area contributed by atoms with Crippen LogP contribution < -0.4 is 10.3 Å². The fraction of sp³-hybridized carbons (Fsp3) is 0.407. The molecule has 3 aromatic rings. The number of phenols is 1. The van der Waals surface area contributed by atoms with Crippen LogP contribution in [0.2, 0.25) is 0 Å². The molecule has 0 bridgehead atoms. The number of benzene rings is 2. The van der Waals surface area contributed by atoms with Gasteiger partial charge >= 0.3 is 5.91 Å². The highest BCUT2D eigenvalue weighted by Gasteiger charge is 2.33. The number of amidine groups is 2. The van der Waals surface area contributed by atoms with Gasteiger partial charge in [0.05, 0.1) is 18.0 Å². The zero-order valence-corrected chi connectivity index (χ0v) is 21.8. The molecule has 3 N–H and O–H groups in total. The maximum Gasteiger partial charge on any atom is 0.303 e. The minimum Gasteiger partial charge on any atom is -0.505 e. The molecule has 0 spiro atoms. The Hall–Kier alpha value is -4.12. The number of tetrazole rings is 1. The van der Waals surface area contributed by atoms with Gasteiger partial charge in [-0.1, -0.05) is 24.6 Å². The Balaban J connectivity index is 1.37.